The second kappa shape index (κ2) is 8.01. The smallest absolute Gasteiger partial charge is 0.326 e. The Labute approximate surface area is 144 Å². The normalized spacial score (nSPS) is 15.1. The minimum absolute atomic E-state index is 0.185. The molecule has 1 saturated heterocycles. The van der Waals surface area contributed by atoms with Gasteiger partial charge < -0.3 is 20.4 Å². The van der Waals surface area contributed by atoms with Gasteiger partial charge in [-0.2, -0.15) is 0 Å². The molecule has 0 radical (unpaired) electrons. The molecule has 1 fully saturated rings. The Hall–Kier alpha value is -2.28. The minimum Gasteiger partial charge on any atom is -0.481 e. The first-order valence-electron chi connectivity index (χ1n) is 7.68. The van der Waals surface area contributed by atoms with Crippen molar-refractivity contribution in [1.29, 1.82) is 0 Å². The molecule has 8 heteroatoms. The fourth-order valence-corrected chi connectivity index (χ4v) is 2.93. The first-order valence-corrected chi connectivity index (χ1v) is 8.06. The van der Waals surface area contributed by atoms with Crippen molar-refractivity contribution in [1.82, 2.24) is 5.32 Å². The minimum atomic E-state index is -1.27. The van der Waals surface area contributed by atoms with Crippen molar-refractivity contribution < 1.29 is 24.6 Å². The van der Waals surface area contributed by atoms with Gasteiger partial charge in [-0.25, -0.2) is 4.79 Å². The Morgan fingerprint density at radius 2 is 1.88 bits per heavy atom. The maximum absolute atomic E-state index is 12.2. The quantitative estimate of drug-likeness (QED) is 0.691. The Kier molecular flexibility index (Phi) is 6.03. The van der Waals surface area contributed by atoms with Crippen molar-refractivity contribution in [3.8, 4) is 0 Å². The van der Waals surface area contributed by atoms with Gasteiger partial charge in [0.1, 0.15) is 6.04 Å². The third-order valence-corrected chi connectivity index (χ3v) is 4.21. The van der Waals surface area contributed by atoms with Crippen LogP contribution in [0.15, 0.2) is 18.2 Å². The molecule has 0 bridgehead atoms. The van der Waals surface area contributed by atoms with Gasteiger partial charge in [-0.1, -0.05) is 11.6 Å². The van der Waals surface area contributed by atoms with E-state index in [1.807, 2.05) is 0 Å². The third-order valence-electron chi connectivity index (χ3n) is 3.91. The highest BCUT2D eigenvalue weighted by Gasteiger charge is 2.22. The van der Waals surface area contributed by atoms with Crippen LogP contribution in [0.25, 0.3) is 0 Å². The van der Waals surface area contributed by atoms with Crippen LogP contribution >= 0.6 is 11.6 Å². The number of carboxylic acid groups (broad SMARTS) is 2. The number of amides is 1. The van der Waals surface area contributed by atoms with Gasteiger partial charge in [0, 0.05) is 25.1 Å². The number of hydrogen-bond acceptors (Lipinski definition) is 4. The molecule has 1 heterocycles. The van der Waals surface area contributed by atoms with Crippen molar-refractivity contribution >= 4 is 35.1 Å². The number of halogens is 1. The van der Waals surface area contributed by atoms with E-state index in [0.29, 0.717) is 5.02 Å². The first-order chi connectivity index (χ1) is 11.4. The number of carbonyl (C=O) groups excluding carboxylic acids is 1. The van der Waals surface area contributed by atoms with Gasteiger partial charge in [-0.05, 0) is 37.5 Å². The molecular weight excluding hydrogens is 336 g/mol. The molecule has 1 aromatic rings. The van der Waals surface area contributed by atoms with E-state index in [2.05, 4.69) is 10.2 Å². The largest absolute Gasteiger partial charge is 0.481 e. The summed E-state index contributed by atoms with van der Waals surface area (Å²) in [6.07, 6.45) is 1.67. The second-order valence-corrected chi connectivity index (χ2v) is 6.06. The maximum Gasteiger partial charge on any atom is 0.326 e. The number of anilines is 1. The molecule has 130 valence electrons. The first kappa shape index (κ1) is 18.1. The number of carbonyl (C=O) groups is 3. The van der Waals surface area contributed by atoms with Gasteiger partial charge in [-0.15, -0.1) is 0 Å². The average molecular weight is 355 g/mol. The van der Waals surface area contributed by atoms with Crippen molar-refractivity contribution in [3.05, 3.63) is 28.8 Å². The van der Waals surface area contributed by atoms with Gasteiger partial charge in [0.15, 0.2) is 0 Å². The number of rotatable bonds is 7. The van der Waals surface area contributed by atoms with Crippen LogP contribution in [-0.2, 0) is 9.59 Å². The molecule has 0 saturated carbocycles. The summed E-state index contributed by atoms with van der Waals surface area (Å²) >= 11 is 6.24. The summed E-state index contributed by atoms with van der Waals surface area (Å²) < 4.78 is 0. The third kappa shape index (κ3) is 4.61. The summed E-state index contributed by atoms with van der Waals surface area (Å²) in [6.45, 7) is 1.84. The number of aliphatic carboxylic acids is 2. The highest BCUT2D eigenvalue weighted by Crippen LogP contribution is 2.29. The van der Waals surface area contributed by atoms with Gasteiger partial charge >= 0.3 is 11.9 Å². The molecule has 1 atom stereocenters. The molecule has 0 aliphatic carbocycles. The molecule has 0 spiro atoms. The number of carboxylic acids is 2. The molecule has 1 aliphatic rings. The van der Waals surface area contributed by atoms with E-state index in [-0.39, 0.29) is 18.4 Å². The molecule has 7 nitrogen and oxygen atoms in total. The molecule has 3 N–H and O–H groups in total. The van der Waals surface area contributed by atoms with Gasteiger partial charge in [0.05, 0.1) is 10.7 Å². The lowest BCUT2D eigenvalue weighted by Gasteiger charge is -2.20. The Balaban J connectivity index is 2.06. The lowest BCUT2D eigenvalue weighted by Crippen LogP contribution is -2.41. The average Bonchev–Trinajstić information content (AvgIpc) is 3.04. The predicted octanol–water partition coefficient (Wildman–Crippen LogP) is 1.99. The Morgan fingerprint density at radius 1 is 1.21 bits per heavy atom. The van der Waals surface area contributed by atoms with Crippen molar-refractivity contribution in [2.75, 3.05) is 18.0 Å². The summed E-state index contributed by atoms with van der Waals surface area (Å²) in [5.74, 6) is -2.99. The van der Waals surface area contributed by atoms with E-state index >= 15 is 0 Å². The molecule has 1 aliphatic heterocycles. The van der Waals surface area contributed by atoms with Crippen LogP contribution < -0.4 is 10.2 Å². The number of hydrogen-bond donors (Lipinski definition) is 3. The summed E-state index contributed by atoms with van der Waals surface area (Å²) in [7, 11) is 0. The molecular formula is C16H19ClN2O5. The van der Waals surface area contributed by atoms with Gasteiger partial charge in [0.25, 0.3) is 5.91 Å². The summed E-state index contributed by atoms with van der Waals surface area (Å²) in [5, 5.41) is 20.5. The molecule has 1 amide bonds. The Morgan fingerprint density at radius 3 is 2.42 bits per heavy atom. The van der Waals surface area contributed by atoms with E-state index in [9.17, 15) is 14.4 Å². The molecule has 0 aromatic heterocycles. The zero-order chi connectivity index (χ0) is 17.7. The standard InChI is InChI=1S/C16H19ClN2O5/c17-11-9-10(3-5-13(11)19-7-1-2-8-19)15(22)18-12(16(23)24)4-6-14(20)21/h3,5,9,12H,1-2,4,6-8H2,(H,18,22)(H,20,21)(H,23,24)/t12-/m0/s1. The lowest BCUT2D eigenvalue weighted by molar-refractivity contribution is -0.140. The van der Waals surface area contributed by atoms with Crippen LogP contribution in [0.2, 0.25) is 5.02 Å². The van der Waals surface area contributed by atoms with Crippen molar-refractivity contribution in [2.45, 2.75) is 31.7 Å². The van der Waals surface area contributed by atoms with Crippen LogP contribution in [0, 0.1) is 0 Å². The van der Waals surface area contributed by atoms with Crippen LogP contribution in [0.5, 0.6) is 0 Å². The molecule has 24 heavy (non-hydrogen) atoms. The van der Waals surface area contributed by atoms with Crippen LogP contribution in [0.3, 0.4) is 0 Å². The lowest BCUT2D eigenvalue weighted by atomic mass is 10.1. The highest BCUT2D eigenvalue weighted by molar-refractivity contribution is 6.33. The van der Waals surface area contributed by atoms with E-state index in [1.54, 1.807) is 12.1 Å². The van der Waals surface area contributed by atoms with Crippen LogP contribution in [0.1, 0.15) is 36.0 Å². The van der Waals surface area contributed by atoms with Gasteiger partial charge in [-0.3, -0.25) is 9.59 Å². The molecule has 2 rings (SSSR count). The number of benzene rings is 1. The van der Waals surface area contributed by atoms with Crippen molar-refractivity contribution in [3.63, 3.8) is 0 Å². The number of nitrogens with one attached hydrogen (secondary N) is 1. The Bertz CT molecular complexity index is 643. The SMILES string of the molecule is O=C(O)CC[C@H](NC(=O)c1ccc(N2CCCC2)c(Cl)c1)C(=O)O. The molecule has 1 aromatic carbocycles. The van der Waals surface area contributed by atoms with Crippen molar-refractivity contribution in [2.24, 2.45) is 0 Å². The van der Waals surface area contributed by atoms with E-state index in [0.717, 1.165) is 31.6 Å². The van der Waals surface area contributed by atoms with Crippen LogP contribution in [0.4, 0.5) is 5.69 Å². The van der Waals surface area contributed by atoms with E-state index < -0.39 is 23.9 Å². The zero-order valence-corrected chi connectivity index (χ0v) is 13.8. The summed E-state index contributed by atoms with van der Waals surface area (Å²) in [4.78, 5) is 36.0. The zero-order valence-electron chi connectivity index (χ0n) is 13.0. The van der Waals surface area contributed by atoms with Gasteiger partial charge in [0.2, 0.25) is 0 Å². The fraction of sp³-hybridized carbons (Fsp3) is 0.438. The number of nitrogens with zero attached hydrogens (tertiary/aromatic N) is 1. The maximum atomic E-state index is 12.2. The highest BCUT2D eigenvalue weighted by atomic mass is 35.5. The summed E-state index contributed by atoms with van der Waals surface area (Å²) in [5.41, 5.74) is 1.09. The van der Waals surface area contributed by atoms with E-state index in [4.69, 9.17) is 21.8 Å². The van der Waals surface area contributed by atoms with E-state index in [1.165, 1.54) is 6.07 Å². The molecule has 0 unspecified atom stereocenters. The topological polar surface area (TPSA) is 107 Å². The monoisotopic (exact) mass is 354 g/mol. The van der Waals surface area contributed by atoms with Crippen LogP contribution in [-0.4, -0.2) is 47.2 Å². The predicted molar refractivity (Wildman–Crippen MR) is 88.7 cm³/mol. The second-order valence-electron chi connectivity index (χ2n) is 5.66. The summed E-state index contributed by atoms with van der Waals surface area (Å²) in [6, 6.07) is 3.58. The fourth-order valence-electron chi connectivity index (χ4n) is 2.63.